The molecule has 1 aliphatic carbocycles. The van der Waals surface area contributed by atoms with Gasteiger partial charge < -0.3 is 26.2 Å². The van der Waals surface area contributed by atoms with Crippen LogP contribution in [0.25, 0.3) is 0 Å². The van der Waals surface area contributed by atoms with Crippen LogP contribution in [0.4, 0.5) is 0 Å². The second-order valence-electron chi connectivity index (χ2n) is 7.04. The number of rotatable bonds is 2. The Balaban J connectivity index is 1.89. The van der Waals surface area contributed by atoms with Gasteiger partial charge in [0.25, 0.3) is 0 Å². The molecule has 0 aromatic rings. The van der Waals surface area contributed by atoms with Crippen LogP contribution in [0.2, 0.25) is 0 Å². The predicted octanol–water partition coefficient (Wildman–Crippen LogP) is -1.42. The molecule has 2 amide bonds. The summed E-state index contributed by atoms with van der Waals surface area (Å²) in [6.45, 7) is 4.55. The van der Waals surface area contributed by atoms with Gasteiger partial charge in [-0.1, -0.05) is 13.8 Å². The van der Waals surface area contributed by atoms with E-state index in [1.807, 2.05) is 13.8 Å². The summed E-state index contributed by atoms with van der Waals surface area (Å²) in [7, 11) is 0. The molecule has 2 saturated heterocycles. The van der Waals surface area contributed by atoms with E-state index in [0.717, 1.165) is 6.42 Å². The third kappa shape index (κ3) is 1.71. The van der Waals surface area contributed by atoms with Gasteiger partial charge >= 0.3 is 0 Å². The summed E-state index contributed by atoms with van der Waals surface area (Å²) in [4.78, 5) is 25.9. The molecule has 0 spiro atoms. The second kappa shape index (κ2) is 4.41. The predicted molar refractivity (Wildman–Crippen MR) is 73.9 cm³/mol. The Morgan fingerprint density at radius 1 is 1.38 bits per heavy atom. The van der Waals surface area contributed by atoms with Crippen LogP contribution in [-0.2, 0) is 14.3 Å². The van der Waals surface area contributed by atoms with E-state index in [-0.39, 0.29) is 30.9 Å². The van der Waals surface area contributed by atoms with Crippen LogP contribution in [0.15, 0.2) is 0 Å². The van der Waals surface area contributed by atoms with E-state index in [4.69, 9.17) is 16.2 Å². The van der Waals surface area contributed by atoms with Crippen LogP contribution in [-0.4, -0.2) is 58.8 Å². The zero-order valence-electron chi connectivity index (χ0n) is 12.4. The molecule has 5 unspecified atom stereocenters. The van der Waals surface area contributed by atoms with Crippen LogP contribution in [0.1, 0.15) is 26.7 Å². The van der Waals surface area contributed by atoms with E-state index < -0.39 is 29.0 Å². The zero-order valence-corrected chi connectivity index (χ0v) is 12.4. The van der Waals surface area contributed by atoms with Crippen LogP contribution in [0.3, 0.4) is 0 Å². The lowest BCUT2D eigenvalue weighted by molar-refractivity contribution is -0.185. The van der Waals surface area contributed by atoms with Gasteiger partial charge in [-0.3, -0.25) is 9.59 Å². The molecule has 118 valence electrons. The molecule has 3 rings (SSSR count). The summed E-state index contributed by atoms with van der Waals surface area (Å²) in [5, 5.41) is 9.77. The molecule has 2 aliphatic heterocycles. The molecule has 1 saturated carbocycles. The maximum Gasteiger partial charge on any atom is 0.244 e. The fraction of sp³-hybridized carbons (Fsp3) is 0.857. The largest absolute Gasteiger partial charge is 0.391 e. The summed E-state index contributed by atoms with van der Waals surface area (Å²) in [5.41, 5.74) is 10.3. The van der Waals surface area contributed by atoms with Gasteiger partial charge in [0.15, 0.2) is 0 Å². The van der Waals surface area contributed by atoms with Crippen LogP contribution < -0.4 is 11.5 Å². The van der Waals surface area contributed by atoms with Gasteiger partial charge in [0.05, 0.1) is 12.2 Å². The minimum absolute atomic E-state index is 0.0222. The van der Waals surface area contributed by atoms with Crippen LogP contribution in [0.5, 0.6) is 0 Å². The third-order valence-corrected chi connectivity index (χ3v) is 5.68. The molecule has 0 aromatic carbocycles. The molecular formula is C14H23N3O4. The van der Waals surface area contributed by atoms with Crippen molar-refractivity contribution in [3.63, 3.8) is 0 Å². The Bertz CT molecular complexity index is 495. The number of primary amides is 1. The van der Waals surface area contributed by atoms with Crippen molar-refractivity contribution in [2.45, 2.75) is 50.5 Å². The first-order chi connectivity index (χ1) is 9.71. The molecule has 7 heteroatoms. The Morgan fingerprint density at radius 3 is 2.67 bits per heavy atom. The molecule has 21 heavy (non-hydrogen) atoms. The van der Waals surface area contributed by atoms with Crippen molar-refractivity contribution in [1.82, 2.24) is 4.90 Å². The molecule has 5 atom stereocenters. The first-order valence-corrected chi connectivity index (χ1v) is 7.40. The van der Waals surface area contributed by atoms with Crippen molar-refractivity contribution < 1.29 is 19.4 Å². The van der Waals surface area contributed by atoms with Crippen LogP contribution >= 0.6 is 0 Å². The Kier molecular flexibility index (Phi) is 3.10. The van der Waals surface area contributed by atoms with Gasteiger partial charge in [0.1, 0.15) is 11.6 Å². The molecule has 7 nitrogen and oxygen atoms in total. The number of likely N-dealkylation sites (tertiary alicyclic amines) is 1. The second-order valence-corrected chi connectivity index (χ2v) is 7.04. The van der Waals surface area contributed by atoms with E-state index in [0.29, 0.717) is 6.61 Å². The maximum absolute atomic E-state index is 13.0. The van der Waals surface area contributed by atoms with Crippen molar-refractivity contribution in [1.29, 1.82) is 0 Å². The van der Waals surface area contributed by atoms with E-state index >= 15 is 0 Å². The molecule has 2 heterocycles. The monoisotopic (exact) mass is 297 g/mol. The molecule has 0 aromatic heterocycles. The summed E-state index contributed by atoms with van der Waals surface area (Å²) < 4.78 is 5.68. The number of nitrogens with zero attached hydrogens (tertiary/aromatic N) is 1. The Morgan fingerprint density at radius 2 is 2.05 bits per heavy atom. The van der Waals surface area contributed by atoms with Gasteiger partial charge in [0.2, 0.25) is 11.8 Å². The first-order valence-electron chi connectivity index (χ1n) is 7.40. The van der Waals surface area contributed by atoms with E-state index in [2.05, 4.69) is 0 Å². The number of β-amino-alcohol motifs (C(OH)–C–C–N with tert-alkyl or cyclic N) is 1. The summed E-state index contributed by atoms with van der Waals surface area (Å²) >= 11 is 0. The molecule has 0 radical (unpaired) electrons. The molecular weight excluding hydrogens is 274 g/mol. The molecule has 3 fully saturated rings. The van der Waals surface area contributed by atoms with E-state index in [1.54, 1.807) is 0 Å². The summed E-state index contributed by atoms with van der Waals surface area (Å²) in [6, 6.07) is -0.773. The van der Waals surface area contributed by atoms with Crippen molar-refractivity contribution in [3.8, 4) is 0 Å². The topological polar surface area (TPSA) is 119 Å². The maximum atomic E-state index is 13.0. The highest BCUT2D eigenvalue weighted by molar-refractivity contribution is 5.94. The lowest BCUT2D eigenvalue weighted by Crippen LogP contribution is -2.80. The average Bonchev–Trinajstić information content (AvgIpc) is 3.02. The first kappa shape index (κ1) is 14.7. The minimum atomic E-state index is -1.06. The molecule has 5 N–H and O–H groups in total. The normalized spacial score (nSPS) is 44.3. The highest BCUT2D eigenvalue weighted by Crippen LogP contribution is 2.59. The third-order valence-electron chi connectivity index (χ3n) is 5.68. The number of amides is 2. The molecule has 0 bridgehead atoms. The number of fused-ring (bicyclic) bond motifs is 1. The lowest BCUT2D eigenvalue weighted by Gasteiger charge is -2.61. The quantitative estimate of drug-likeness (QED) is 0.578. The van der Waals surface area contributed by atoms with Gasteiger partial charge in [-0.15, -0.1) is 0 Å². The number of hydrogen-bond acceptors (Lipinski definition) is 5. The standard InChI is InChI=1S/C14H23N3O4/c1-13(2)10-8(3-4-21-10)14(13,16)12(20)17-6-7(18)5-9(17)11(15)19/h7-10,18H,3-6,16H2,1-2H3,(H2,15,19). The number of hydrogen-bond donors (Lipinski definition) is 3. The number of aliphatic hydroxyl groups excluding tert-OH is 1. The summed E-state index contributed by atoms with van der Waals surface area (Å²) in [6.07, 6.45) is 0.177. The van der Waals surface area contributed by atoms with Crippen LogP contribution in [0, 0.1) is 11.3 Å². The van der Waals surface area contributed by atoms with Crippen molar-refractivity contribution in [3.05, 3.63) is 0 Å². The molecule has 3 aliphatic rings. The number of carbonyl (C=O) groups is 2. The van der Waals surface area contributed by atoms with E-state index in [9.17, 15) is 14.7 Å². The Hall–Kier alpha value is -1.18. The van der Waals surface area contributed by atoms with Gasteiger partial charge in [-0.2, -0.15) is 0 Å². The fourth-order valence-electron chi connectivity index (χ4n) is 4.36. The number of ether oxygens (including phenoxy) is 1. The fourth-order valence-corrected chi connectivity index (χ4v) is 4.36. The number of aliphatic hydroxyl groups is 1. The van der Waals surface area contributed by atoms with Gasteiger partial charge in [-0.25, -0.2) is 0 Å². The summed E-state index contributed by atoms with van der Waals surface area (Å²) in [5.74, 6) is -0.925. The van der Waals surface area contributed by atoms with Crippen molar-refractivity contribution >= 4 is 11.8 Å². The SMILES string of the molecule is CC1(C)C2OCCC2C1(N)C(=O)N1CC(O)CC1C(N)=O. The van der Waals surface area contributed by atoms with E-state index in [1.165, 1.54) is 4.90 Å². The highest BCUT2D eigenvalue weighted by Gasteiger charge is 2.72. The number of nitrogens with two attached hydrogens (primary N) is 2. The number of carbonyl (C=O) groups excluding carboxylic acids is 2. The van der Waals surface area contributed by atoms with Gasteiger partial charge in [-0.05, 0) is 6.42 Å². The van der Waals surface area contributed by atoms with Gasteiger partial charge in [0, 0.05) is 30.9 Å². The van der Waals surface area contributed by atoms with Crippen molar-refractivity contribution in [2.75, 3.05) is 13.2 Å². The highest BCUT2D eigenvalue weighted by atomic mass is 16.5. The Labute approximate surface area is 123 Å². The van der Waals surface area contributed by atoms with Crippen molar-refractivity contribution in [2.24, 2.45) is 22.8 Å². The smallest absolute Gasteiger partial charge is 0.244 e. The minimum Gasteiger partial charge on any atom is -0.391 e. The lowest BCUT2D eigenvalue weighted by atomic mass is 9.47. The average molecular weight is 297 g/mol. The zero-order chi connectivity index (χ0) is 15.6.